The maximum Gasteiger partial charge on any atom is 0.337 e. The molecule has 1 N–H and O–H groups in total. The second-order valence-corrected chi connectivity index (χ2v) is 4.19. The van der Waals surface area contributed by atoms with Crippen molar-refractivity contribution in [3.05, 3.63) is 29.8 Å². The van der Waals surface area contributed by atoms with Crippen LogP contribution in [-0.4, -0.2) is 32.8 Å². The summed E-state index contributed by atoms with van der Waals surface area (Å²) in [6.07, 6.45) is 1.15. The van der Waals surface area contributed by atoms with Gasteiger partial charge in [-0.05, 0) is 31.2 Å². The molecule has 0 spiro atoms. The van der Waals surface area contributed by atoms with Crippen LogP contribution in [0.3, 0.4) is 0 Å². The highest BCUT2D eigenvalue weighted by Gasteiger charge is 2.15. The molecule has 0 aliphatic carbocycles. The molecule has 4 heteroatoms. The number of benzene rings is 1. The van der Waals surface area contributed by atoms with Crippen molar-refractivity contribution >= 4 is 5.97 Å². The zero-order chi connectivity index (χ0) is 12.1. The van der Waals surface area contributed by atoms with Gasteiger partial charge in [0.1, 0.15) is 5.75 Å². The van der Waals surface area contributed by atoms with Crippen LogP contribution >= 0.6 is 0 Å². The van der Waals surface area contributed by atoms with E-state index in [0.29, 0.717) is 18.1 Å². The second-order valence-electron chi connectivity index (χ2n) is 4.19. The van der Waals surface area contributed by atoms with Gasteiger partial charge >= 0.3 is 5.97 Å². The first-order valence-corrected chi connectivity index (χ1v) is 5.81. The van der Waals surface area contributed by atoms with Crippen molar-refractivity contribution in [2.45, 2.75) is 6.42 Å². The lowest BCUT2D eigenvalue weighted by molar-refractivity contribution is 0.0600. The highest BCUT2D eigenvalue weighted by atomic mass is 16.5. The molecular weight excluding hydrogens is 218 g/mol. The summed E-state index contributed by atoms with van der Waals surface area (Å²) in [4.78, 5) is 11.3. The molecule has 17 heavy (non-hydrogen) atoms. The minimum atomic E-state index is -0.335. The second kappa shape index (κ2) is 5.68. The van der Waals surface area contributed by atoms with Crippen LogP contribution in [0.4, 0.5) is 0 Å². The molecule has 0 radical (unpaired) electrons. The van der Waals surface area contributed by atoms with Crippen LogP contribution in [0.2, 0.25) is 0 Å². The average Bonchev–Trinajstić information content (AvgIpc) is 2.89. The first kappa shape index (κ1) is 11.9. The Hall–Kier alpha value is -1.55. The van der Waals surface area contributed by atoms with Crippen LogP contribution in [0.15, 0.2) is 24.3 Å². The van der Waals surface area contributed by atoms with Crippen molar-refractivity contribution in [3.8, 4) is 5.75 Å². The van der Waals surface area contributed by atoms with E-state index in [1.54, 1.807) is 18.2 Å². The van der Waals surface area contributed by atoms with Gasteiger partial charge in [-0.3, -0.25) is 0 Å². The monoisotopic (exact) mass is 235 g/mol. The fourth-order valence-corrected chi connectivity index (χ4v) is 1.90. The maximum atomic E-state index is 11.3. The Morgan fingerprint density at radius 3 is 3.12 bits per heavy atom. The third-order valence-corrected chi connectivity index (χ3v) is 2.90. The molecular formula is C13H17NO3. The Labute approximate surface area is 101 Å². The van der Waals surface area contributed by atoms with Gasteiger partial charge in [0.2, 0.25) is 0 Å². The molecule has 4 nitrogen and oxygen atoms in total. The van der Waals surface area contributed by atoms with E-state index in [4.69, 9.17) is 4.74 Å². The summed E-state index contributed by atoms with van der Waals surface area (Å²) in [5.74, 6) is 0.953. The van der Waals surface area contributed by atoms with Crippen molar-refractivity contribution in [1.82, 2.24) is 5.32 Å². The van der Waals surface area contributed by atoms with Gasteiger partial charge in [0.15, 0.2) is 0 Å². The number of hydrogen-bond donors (Lipinski definition) is 1. The lowest BCUT2D eigenvalue weighted by Gasteiger charge is -2.11. The predicted molar refractivity (Wildman–Crippen MR) is 64.3 cm³/mol. The Balaban J connectivity index is 1.93. The topological polar surface area (TPSA) is 47.6 Å². The number of esters is 1. The zero-order valence-electron chi connectivity index (χ0n) is 9.94. The molecule has 1 atom stereocenters. The molecule has 1 aromatic rings. The van der Waals surface area contributed by atoms with Crippen molar-refractivity contribution in [1.29, 1.82) is 0 Å². The van der Waals surface area contributed by atoms with E-state index in [1.165, 1.54) is 7.11 Å². The number of hydrogen-bond acceptors (Lipinski definition) is 4. The minimum Gasteiger partial charge on any atom is -0.493 e. The summed E-state index contributed by atoms with van der Waals surface area (Å²) < 4.78 is 10.3. The van der Waals surface area contributed by atoms with E-state index in [1.807, 2.05) is 6.07 Å². The van der Waals surface area contributed by atoms with Crippen molar-refractivity contribution in [3.63, 3.8) is 0 Å². The highest BCUT2D eigenvalue weighted by Crippen LogP contribution is 2.16. The Bertz CT molecular complexity index is 386. The van der Waals surface area contributed by atoms with Gasteiger partial charge in [0.25, 0.3) is 0 Å². The molecule has 1 fully saturated rings. The molecule has 1 saturated heterocycles. The third-order valence-electron chi connectivity index (χ3n) is 2.90. The maximum absolute atomic E-state index is 11.3. The molecule has 1 unspecified atom stereocenters. The molecule has 92 valence electrons. The summed E-state index contributed by atoms with van der Waals surface area (Å²) in [6, 6.07) is 7.09. The van der Waals surface area contributed by atoms with Crippen LogP contribution in [0.5, 0.6) is 5.75 Å². The number of rotatable bonds is 4. The normalized spacial score (nSPS) is 19.0. The van der Waals surface area contributed by atoms with E-state index in [0.717, 1.165) is 25.3 Å². The lowest BCUT2D eigenvalue weighted by Crippen LogP contribution is -2.15. The molecule has 0 bridgehead atoms. The van der Waals surface area contributed by atoms with E-state index in [-0.39, 0.29) is 5.97 Å². The van der Waals surface area contributed by atoms with Crippen LogP contribution in [0, 0.1) is 5.92 Å². The van der Waals surface area contributed by atoms with E-state index in [2.05, 4.69) is 10.1 Å². The van der Waals surface area contributed by atoms with E-state index in [9.17, 15) is 4.79 Å². The van der Waals surface area contributed by atoms with Crippen LogP contribution in [0.25, 0.3) is 0 Å². The average molecular weight is 235 g/mol. The molecule has 1 aliphatic rings. The van der Waals surface area contributed by atoms with Gasteiger partial charge in [-0.25, -0.2) is 4.79 Å². The molecule has 0 aromatic heterocycles. The number of carbonyl (C=O) groups excluding carboxylic acids is 1. The molecule has 2 rings (SSSR count). The summed E-state index contributed by atoms with van der Waals surface area (Å²) >= 11 is 0. The molecule has 1 aromatic carbocycles. The SMILES string of the molecule is COC(=O)c1cccc(OCC2CCNC2)c1. The fourth-order valence-electron chi connectivity index (χ4n) is 1.90. The van der Waals surface area contributed by atoms with E-state index >= 15 is 0 Å². The molecule has 0 saturated carbocycles. The van der Waals surface area contributed by atoms with Gasteiger partial charge in [-0.15, -0.1) is 0 Å². The van der Waals surface area contributed by atoms with Crippen LogP contribution in [0.1, 0.15) is 16.8 Å². The van der Waals surface area contributed by atoms with Crippen molar-refractivity contribution < 1.29 is 14.3 Å². The number of carbonyl (C=O) groups is 1. The summed E-state index contributed by atoms with van der Waals surface area (Å²) in [5, 5.41) is 3.29. The van der Waals surface area contributed by atoms with Gasteiger partial charge in [0.05, 0.1) is 19.3 Å². The third kappa shape index (κ3) is 3.20. The Morgan fingerprint density at radius 2 is 2.41 bits per heavy atom. The molecule has 1 aliphatic heterocycles. The van der Waals surface area contributed by atoms with Crippen molar-refractivity contribution in [2.24, 2.45) is 5.92 Å². The largest absolute Gasteiger partial charge is 0.493 e. The van der Waals surface area contributed by atoms with Crippen molar-refractivity contribution in [2.75, 3.05) is 26.8 Å². The summed E-state index contributed by atoms with van der Waals surface area (Å²) in [6.45, 7) is 2.77. The van der Waals surface area contributed by atoms with Gasteiger partial charge in [-0.2, -0.15) is 0 Å². The van der Waals surface area contributed by atoms with Gasteiger partial charge in [-0.1, -0.05) is 6.07 Å². The minimum absolute atomic E-state index is 0.335. The van der Waals surface area contributed by atoms with Gasteiger partial charge < -0.3 is 14.8 Å². The standard InChI is InChI=1S/C13H17NO3/c1-16-13(15)11-3-2-4-12(7-11)17-9-10-5-6-14-8-10/h2-4,7,10,14H,5-6,8-9H2,1H3. The first-order valence-electron chi connectivity index (χ1n) is 5.81. The summed E-state index contributed by atoms with van der Waals surface area (Å²) in [7, 11) is 1.38. The van der Waals surface area contributed by atoms with Gasteiger partial charge in [0, 0.05) is 12.5 Å². The quantitative estimate of drug-likeness (QED) is 0.803. The van der Waals surface area contributed by atoms with Crippen LogP contribution < -0.4 is 10.1 Å². The van der Waals surface area contributed by atoms with Crippen LogP contribution in [-0.2, 0) is 4.74 Å². The van der Waals surface area contributed by atoms with E-state index < -0.39 is 0 Å². The number of methoxy groups -OCH3 is 1. The number of ether oxygens (including phenoxy) is 2. The zero-order valence-corrected chi connectivity index (χ0v) is 9.94. The predicted octanol–water partition coefficient (Wildman–Crippen LogP) is 1.46. The fraction of sp³-hybridized carbons (Fsp3) is 0.462. The molecule has 0 amide bonds. The molecule has 1 heterocycles. The highest BCUT2D eigenvalue weighted by molar-refractivity contribution is 5.89. The lowest BCUT2D eigenvalue weighted by atomic mass is 10.1. The Kier molecular flexibility index (Phi) is 3.98. The number of nitrogens with one attached hydrogen (secondary N) is 1. The smallest absolute Gasteiger partial charge is 0.337 e. The first-order chi connectivity index (χ1) is 8.29. The summed E-state index contributed by atoms with van der Waals surface area (Å²) in [5.41, 5.74) is 0.523. The Morgan fingerprint density at radius 1 is 1.53 bits per heavy atom.